The van der Waals surface area contributed by atoms with Crippen molar-refractivity contribution in [3.63, 3.8) is 0 Å². The Kier molecular flexibility index (Phi) is 6.90. The largest absolute Gasteiger partial charge is 0.490 e. The van der Waals surface area contributed by atoms with Gasteiger partial charge in [0.1, 0.15) is 6.61 Å². The van der Waals surface area contributed by atoms with Gasteiger partial charge in [-0.25, -0.2) is 4.83 Å². The third-order valence-electron chi connectivity index (χ3n) is 4.97. The number of rotatable bonds is 9. The van der Waals surface area contributed by atoms with Crippen molar-refractivity contribution in [2.45, 2.75) is 18.4 Å². The first-order valence-electron chi connectivity index (χ1n) is 10.5. The molecule has 6 nitrogen and oxygen atoms in total. The number of hydrogen-bond donors (Lipinski definition) is 1. The normalized spacial score (nSPS) is 11.5. The van der Waals surface area contributed by atoms with Crippen LogP contribution in [0.2, 0.25) is 0 Å². The molecule has 0 aliphatic carbocycles. The third-order valence-corrected chi connectivity index (χ3v) is 6.21. The molecule has 0 spiro atoms. The van der Waals surface area contributed by atoms with Crippen molar-refractivity contribution < 1.29 is 17.9 Å². The Bertz CT molecular complexity index is 1360. The molecule has 4 aromatic carbocycles. The summed E-state index contributed by atoms with van der Waals surface area (Å²) in [6, 6.07) is 27.7. The first kappa shape index (κ1) is 22.4. The molecule has 0 radical (unpaired) electrons. The molecule has 33 heavy (non-hydrogen) atoms. The highest BCUT2D eigenvalue weighted by atomic mass is 32.2. The average molecular weight is 461 g/mol. The van der Waals surface area contributed by atoms with E-state index in [-0.39, 0.29) is 4.90 Å². The summed E-state index contributed by atoms with van der Waals surface area (Å²) in [5, 5.41) is 6.20. The van der Waals surface area contributed by atoms with Crippen LogP contribution in [0, 0.1) is 0 Å². The smallest absolute Gasteiger partial charge is 0.276 e. The average Bonchev–Trinajstić information content (AvgIpc) is 2.84. The maximum absolute atomic E-state index is 12.3. The van der Waals surface area contributed by atoms with E-state index in [9.17, 15) is 8.42 Å². The minimum absolute atomic E-state index is 0.148. The zero-order chi connectivity index (χ0) is 23.1. The van der Waals surface area contributed by atoms with Crippen LogP contribution >= 0.6 is 0 Å². The van der Waals surface area contributed by atoms with Crippen molar-refractivity contribution in [3.05, 3.63) is 102 Å². The number of nitrogens with zero attached hydrogens (tertiary/aromatic N) is 1. The highest BCUT2D eigenvalue weighted by molar-refractivity contribution is 7.89. The van der Waals surface area contributed by atoms with E-state index in [1.807, 2.05) is 31.2 Å². The third kappa shape index (κ3) is 5.51. The van der Waals surface area contributed by atoms with Gasteiger partial charge >= 0.3 is 0 Å². The summed E-state index contributed by atoms with van der Waals surface area (Å²) < 4.78 is 36.4. The number of fused-ring (bicyclic) bond motifs is 1. The molecule has 4 rings (SSSR count). The molecular formula is C26H24N2O4S. The Hall–Kier alpha value is -3.84. The van der Waals surface area contributed by atoms with E-state index in [0.717, 1.165) is 16.3 Å². The number of nitrogens with one attached hydrogen (secondary N) is 1. The van der Waals surface area contributed by atoms with Gasteiger partial charge in [0, 0.05) is 0 Å². The highest BCUT2D eigenvalue weighted by Crippen LogP contribution is 2.30. The summed E-state index contributed by atoms with van der Waals surface area (Å²) in [5.74, 6) is 1.17. The van der Waals surface area contributed by atoms with Gasteiger partial charge in [-0.1, -0.05) is 60.7 Å². The number of hydrazone groups is 1. The van der Waals surface area contributed by atoms with Crippen LogP contribution in [0.25, 0.3) is 10.8 Å². The molecule has 0 saturated heterocycles. The zero-order valence-electron chi connectivity index (χ0n) is 18.1. The van der Waals surface area contributed by atoms with Crippen molar-refractivity contribution in [2.24, 2.45) is 5.10 Å². The second-order valence-electron chi connectivity index (χ2n) is 7.23. The lowest BCUT2D eigenvalue weighted by atomic mass is 10.1. The van der Waals surface area contributed by atoms with Gasteiger partial charge in [0.2, 0.25) is 0 Å². The van der Waals surface area contributed by atoms with Crippen molar-refractivity contribution in [1.29, 1.82) is 0 Å². The second-order valence-corrected chi connectivity index (χ2v) is 8.89. The summed E-state index contributed by atoms with van der Waals surface area (Å²) in [6.45, 7) is 2.75. The summed E-state index contributed by atoms with van der Waals surface area (Å²) in [5.41, 5.74) is 1.75. The fraction of sp³-hybridized carbons (Fsp3) is 0.115. The van der Waals surface area contributed by atoms with Crippen LogP contribution in [0.5, 0.6) is 11.5 Å². The Balaban J connectivity index is 1.48. The fourth-order valence-electron chi connectivity index (χ4n) is 3.39. The summed E-state index contributed by atoms with van der Waals surface area (Å²) in [4.78, 5) is 2.37. The van der Waals surface area contributed by atoms with Crippen molar-refractivity contribution in [2.75, 3.05) is 6.61 Å². The van der Waals surface area contributed by atoms with Crippen LogP contribution < -0.4 is 14.3 Å². The molecule has 4 aromatic rings. The van der Waals surface area contributed by atoms with Gasteiger partial charge in [-0.15, -0.1) is 0 Å². The molecule has 1 N–H and O–H groups in total. The number of benzene rings is 4. The van der Waals surface area contributed by atoms with Gasteiger partial charge in [0.15, 0.2) is 11.5 Å². The standard InChI is InChI=1S/C26H24N2O4S/c1-2-31-26-17-20(18-27-28-33(29,30)23-12-4-3-5-13-23)15-16-25(26)32-19-22-11-8-10-21-9-6-7-14-24(21)22/h3-18,28H,2,19H2,1H3/b27-18-. The molecule has 168 valence electrons. The van der Waals surface area contributed by atoms with E-state index < -0.39 is 10.0 Å². The molecule has 0 aliphatic rings. The van der Waals surface area contributed by atoms with Gasteiger partial charge in [-0.05, 0) is 59.2 Å². The van der Waals surface area contributed by atoms with Gasteiger partial charge in [-0.2, -0.15) is 13.5 Å². The van der Waals surface area contributed by atoms with Crippen LogP contribution in [-0.2, 0) is 16.6 Å². The first-order valence-corrected chi connectivity index (χ1v) is 12.0. The fourth-order valence-corrected chi connectivity index (χ4v) is 4.20. The maximum Gasteiger partial charge on any atom is 0.276 e. The second kappa shape index (κ2) is 10.2. The van der Waals surface area contributed by atoms with Crippen LogP contribution in [0.15, 0.2) is 101 Å². The molecule has 0 heterocycles. The molecule has 0 saturated carbocycles. The summed E-state index contributed by atoms with van der Waals surface area (Å²) >= 11 is 0. The summed E-state index contributed by atoms with van der Waals surface area (Å²) in [6.07, 6.45) is 1.43. The maximum atomic E-state index is 12.3. The van der Waals surface area contributed by atoms with Crippen molar-refractivity contribution in [1.82, 2.24) is 4.83 Å². The number of ether oxygens (including phenoxy) is 2. The number of sulfonamides is 1. The SMILES string of the molecule is CCOc1cc(/C=N\NS(=O)(=O)c2ccccc2)ccc1OCc1cccc2ccccc12. The lowest BCUT2D eigenvalue weighted by molar-refractivity contribution is 0.270. The van der Waals surface area contributed by atoms with Crippen molar-refractivity contribution >= 4 is 27.0 Å². The molecule has 0 unspecified atom stereocenters. The minimum Gasteiger partial charge on any atom is -0.490 e. The van der Waals surface area contributed by atoms with Crippen LogP contribution in [0.3, 0.4) is 0 Å². The van der Waals surface area contributed by atoms with E-state index in [2.05, 4.69) is 28.1 Å². The highest BCUT2D eigenvalue weighted by Gasteiger charge is 2.12. The van der Waals surface area contributed by atoms with E-state index >= 15 is 0 Å². The Labute approximate surface area is 193 Å². The van der Waals surface area contributed by atoms with E-state index in [1.54, 1.807) is 36.4 Å². The molecule has 0 aromatic heterocycles. The van der Waals surface area contributed by atoms with E-state index in [4.69, 9.17) is 9.47 Å². The molecule has 0 fully saturated rings. The topological polar surface area (TPSA) is 77.0 Å². The van der Waals surface area contributed by atoms with E-state index in [1.165, 1.54) is 18.3 Å². The first-order chi connectivity index (χ1) is 16.1. The Morgan fingerprint density at radius 2 is 1.61 bits per heavy atom. The minimum atomic E-state index is -3.72. The summed E-state index contributed by atoms with van der Waals surface area (Å²) in [7, 11) is -3.72. The molecule has 0 aliphatic heterocycles. The van der Waals surface area contributed by atoms with Crippen molar-refractivity contribution in [3.8, 4) is 11.5 Å². The van der Waals surface area contributed by atoms with Crippen LogP contribution in [0.4, 0.5) is 0 Å². The van der Waals surface area contributed by atoms with Crippen LogP contribution in [0.1, 0.15) is 18.1 Å². The quantitative estimate of drug-likeness (QED) is 0.277. The molecule has 7 heteroatoms. The van der Waals surface area contributed by atoms with Gasteiger partial charge in [-0.3, -0.25) is 0 Å². The van der Waals surface area contributed by atoms with Gasteiger partial charge in [0.25, 0.3) is 10.0 Å². The number of hydrogen-bond acceptors (Lipinski definition) is 5. The monoisotopic (exact) mass is 460 g/mol. The zero-order valence-corrected chi connectivity index (χ0v) is 19.0. The molecule has 0 bridgehead atoms. The molecule has 0 amide bonds. The predicted octanol–water partition coefficient (Wildman–Crippen LogP) is 5.13. The van der Waals surface area contributed by atoms with Gasteiger partial charge < -0.3 is 9.47 Å². The van der Waals surface area contributed by atoms with E-state index in [0.29, 0.717) is 30.3 Å². The van der Waals surface area contributed by atoms with Gasteiger partial charge in [0.05, 0.1) is 17.7 Å². The lowest BCUT2D eigenvalue weighted by Crippen LogP contribution is -2.18. The molecular weight excluding hydrogens is 436 g/mol. The predicted molar refractivity (Wildman–Crippen MR) is 130 cm³/mol. The lowest BCUT2D eigenvalue weighted by Gasteiger charge is -2.13. The molecule has 0 atom stereocenters. The Morgan fingerprint density at radius 1 is 0.848 bits per heavy atom. The van der Waals surface area contributed by atoms with Crippen LogP contribution in [-0.4, -0.2) is 21.2 Å². The Morgan fingerprint density at radius 3 is 2.42 bits per heavy atom.